The van der Waals surface area contributed by atoms with E-state index in [1.54, 1.807) is 24.3 Å². The van der Waals surface area contributed by atoms with Crippen molar-refractivity contribution in [2.24, 2.45) is 0 Å². The van der Waals surface area contributed by atoms with E-state index in [0.717, 1.165) is 22.3 Å². The van der Waals surface area contributed by atoms with E-state index in [1.165, 1.54) is 24.3 Å². The SMILES string of the molecule is O=[N+]([O-])c1ccc(C(c2ccccc2)(c2ccccc2)c2ccc([N+](=O)[O-])cc2)cc1. The third-order valence-electron chi connectivity index (χ3n) is 5.44. The summed E-state index contributed by atoms with van der Waals surface area (Å²) in [5.41, 5.74) is 2.73. The van der Waals surface area contributed by atoms with Crippen LogP contribution in [0, 0.1) is 20.2 Å². The number of benzene rings is 4. The van der Waals surface area contributed by atoms with Gasteiger partial charge in [0.1, 0.15) is 0 Å². The lowest BCUT2D eigenvalue weighted by molar-refractivity contribution is -0.385. The molecule has 0 saturated heterocycles. The highest BCUT2D eigenvalue weighted by atomic mass is 16.6. The molecular weight excluding hydrogens is 392 g/mol. The van der Waals surface area contributed by atoms with Gasteiger partial charge in [0.25, 0.3) is 11.4 Å². The van der Waals surface area contributed by atoms with Gasteiger partial charge in [-0.05, 0) is 22.3 Å². The number of nitro benzene ring substituents is 2. The molecule has 0 radical (unpaired) electrons. The zero-order chi connectivity index (χ0) is 21.8. The molecule has 0 bridgehead atoms. The molecule has 0 saturated carbocycles. The fourth-order valence-corrected chi connectivity index (χ4v) is 4.04. The molecule has 0 unspecified atom stereocenters. The van der Waals surface area contributed by atoms with Gasteiger partial charge in [0.2, 0.25) is 0 Å². The molecule has 0 fully saturated rings. The van der Waals surface area contributed by atoms with Crippen molar-refractivity contribution < 1.29 is 9.85 Å². The molecule has 4 aromatic carbocycles. The molecule has 31 heavy (non-hydrogen) atoms. The Morgan fingerprint density at radius 3 is 1.03 bits per heavy atom. The lowest BCUT2D eigenvalue weighted by Gasteiger charge is -2.36. The summed E-state index contributed by atoms with van der Waals surface area (Å²) in [6, 6.07) is 32.5. The highest BCUT2D eigenvalue weighted by molar-refractivity contribution is 5.61. The van der Waals surface area contributed by atoms with E-state index >= 15 is 0 Å². The first-order valence-corrected chi connectivity index (χ1v) is 9.64. The van der Waals surface area contributed by atoms with Gasteiger partial charge in [0, 0.05) is 24.3 Å². The summed E-state index contributed by atoms with van der Waals surface area (Å²) < 4.78 is 0. The van der Waals surface area contributed by atoms with E-state index in [1.807, 2.05) is 60.7 Å². The van der Waals surface area contributed by atoms with Crippen molar-refractivity contribution in [1.82, 2.24) is 0 Å². The Hall–Kier alpha value is -4.32. The monoisotopic (exact) mass is 410 g/mol. The molecular formula is C25H18N2O4. The first kappa shape index (κ1) is 20.0. The molecule has 4 aromatic rings. The van der Waals surface area contributed by atoms with Crippen LogP contribution in [0.25, 0.3) is 0 Å². The van der Waals surface area contributed by atoms with Crippen LogP contribution in [-0.4, -0.2) is 9.85 Å². The first-order valence-electron chi connectivity index (χ1n) is 9.64. The third-order valence-corrected chi connectivity index (χ3v) is 5.44. The third kappa shape index (κ3) is 3.55. The van der Waals surface area contributed by atoms with Crippen LogP contribution in [0.1, 0.15) is 22.3 Å². The number of nitro groups is 2. The average Bonchev–Trinajstić information content (AvgIpc) is 2.82. The maximum absolute atomic E-state index is 11.2. The summed E-state index contributed by atoms with van der Waals surface area (Å²) in [6.07, 6.45) is 0. The molecule has 152 valence electrons. The Morgan fingerprint density at radius 2 is 0.742 bits per heavy atom. The van der Waals surface area contributed by atoms with E-state index in [0.29, 0.717) is 0 Å². The Morgan fingerprint density at radius 1 is 0.452 bits per heavy atom. The number of hydrogen-bond donors (Lipinski definition) is 0. The molecule has 0 aliphatic rings. The minimum atomic E-state index is -0.813. The number of non-ortho nitro benzene ring substituents is 2. The van der Waals surface area contributed by atoms with Gasteiger partial charge >= 0.3 is 0 Å². The molecule has 0 amide bonds. The topological polar surface area (TPSA) is 86.3 Å². The zero-order valence-electron chi connectivity index (χ0n) is 16.4. The maximum atomic E-state index is 11.2. The van der Waals surface area contributed by atoms with Crippen LogP contribution in [0.15, 0.2) is 109 Å². The molecule has 0 heterocycles. The van der Waals surface area contributed by atoms with Gasteiger partial charge < -0.3 is 0 Å². The van der Waals surface area contributed by atoms with E-state index < -0.39 is 15.3 Å². The van der Waals surface area contributed by atoms with E-state index in [-0.39, 0.29) is 11.4 Å². The zero-order valence-corrected chi connectivity index (χ0v) is 16.4. The first-order chi connectivity index (χ1) is 15.0. The second-order valence-corrected chi connectivity index (χ2v) is 7.09. The molecule has 0 aliphatic carbocycles. The van der Waals surface area contributed by atoms with Crippen LogP contribution in [0.4, 0.5) is 11.4 Å². The van der Waals surface area contributed by atoms with Crippen LogP contribution in [0.5, 0.6) is 0 Å². The predicted molar refractivity (Wildman–Crippen MR) is 118 cm³/mol. The van der Waals surface area contributed by atoms with Gasteiger partial charge in [0.15, 0.2) is 0 Å². The Kier molecular flexibility index (Phi) is 5.28. The molecule has 0 N–H and O–H groups in total. The molecule has 6 nitrogen and oxygen atoms in total. The van der Waals surface area contributed by atoms with Gasteiger partial charge in [-0.25, -0.2) is 0 Å². The van der Waals surface area contributed by atoms with Gasteiger partial charge in [-0.1, -0.05) is 84.9 Å². The highest BCUT2D eigenvalue weighted by Gasteiger charge is 2.38. The van der Waals surface area contributed by atoms with Crippen molar-refractivity contribution in [3.8, 4) is 0 Å². The van der Waals surface area contributed by atoms with Crippen molar-refractivity contribution in [1.29, 1.82) is 0 Å². The van der Waals surface area contributed by atoms with Gasteiger partial charge in [-0.2, -0.15) is 0 Å². The summed E-state index contributed by atoms with van der Waals surface area (Å²) >= 11 is 0. The molecule has 0 aromatic heterocycles. The quantitative estimate of drug-likeness (QED) is 0.225. The van der Waals surface area contributed by atoms with Crippen molar-refractivity contribution in [3.05, 3.63) is 152 Å². The Bertz CT molecular complexity index is 1110. The van der Waals surface area contributed by atoms with E-state index in [4.69, 9.17) is 0 Å². The van der Waals surface area contributed by atoms with Crippen molar-refractivity contribution in [2.75, 3.05) is 0 Å². The smallest absolute Gasteiger partial charge is 0.258 e. The highest BCUT2D eigenvalue weighted by Crippen LogP contribution is 2.45. The number of nitrogens with zero attached hydrogens (tertiary/aromatic N) is 2. The number of hydrogen-bond acceptors (Lipinski definition) is 4. The van der Waals surface area contributed by atoms with Crippen LogP contribution in [-0.2, 0) is 5.41 Å². The summed E-state index contributed by atoms with van der Waals surface area (Å²) in [5, 5.41) is 22.4. The fraction of sp³-hybridized carbons (Fsp3) is 0.0400. The van der Waals surface area contributed by atoms with E-state index in [9.17, 15) is 20.2 Å². The minimum absolute atomic E-state index is 0.00229. The Labute approximate surface area is 178 Å². The molecule has 0 atom stereocenters. The fourth-order valence-electron chi connectivity index (χ4n) is 4.04. The average molecular weight is 410 g/mol. The number of rotatable bonds is 6. The van der Waals surface area contributed by atoms with Gasteiger partial charge in [0.05, 0.1) is 15.3 Å². The second kappa shape index (κ2) is 8.20. The molecule has 4 rings (SSSR count). The van der Waals surface area contributed by atoms with Crippen molar-refractivity contribution in [3.63, 3.8) is 0 Å². The molecule has 0 aliphatic heterocycles. The summed E-state index contributed by atoms with van der Waals surface area (Å²) in [7, 11) is 0. The standard InChI is InChI=1S/C25H18N2O4/c28-26(29)23-15-11-21(12-16-23)25(19-7-3-1-4-8-19,20-9-5-2-6-10-20)22-13-17-24(18-14-22)27(30)31/h1-18H. The molecule has 0 spiro atoms. The van der Waals surface area contributed by atoms with Crippen LogP contribution in [0.3, 0.4) is 0 Å². The largest absolute Gasteiger partial charge is 0.269 e. The van der Waals surface area contributed by atoms with Crippen molar-refractivity contribution >= 4 is 11.4 Å². The maximum Gasteiger partial charge on any atom is 0.269 e. The van der Waals surface area contributed by atoms with Crippen LogP contribution >= 0.6 is 0 Å². The summed E-state index contributed by atoms with van der Waals surface area (Å²) in [4.78, 5) is 21.6. The second-order valence-electron chi connectivity index (χ2n) is 7.09. The van der Waals surface area contributed by atoms with Gasteiger partial charge in [-0.15, -0.1) is 0 Å². The minimum Gasteiger partial charge on any atom is -0.258 e. The van der Waals surface area contributed by atoms with Crippen molar-refractivity contribution in [2.45, 2.75) is 5.41 Å². The Balaban J connectivity index is 2.06. The lowest BCUT2D eigenvalue weighted by atomic mass is 9.65. The lowest BCUT2D eigenvalue weighted by Crippen LogP contribution is -2.31. The van der Waals surface area contributed by atoms with Crippen LogP contribution in [0.2, 0.25) is 0 Å². The van der Waals surface area contributed by atoms with Gasteiger partial charge in [-0.3, -0.25) is 20.2 Å². The van der Waals surface area contributed by atoms with Crippen LogP contribution < -0.4 is 0 Å². The normalized spacial score (nSPS) is 11.1. The molecule has 6 heteroatoms. The van der Waals surface area contributed by atoms with E-state index in [2.05, 4.69) is 0 Å². The summed E-state index contributed by atoms with van der Waals surface area (Å²) in [6.45, 7) is 0. The summed E-state index contributed by atoms with van der Waals surface area (Å²) in [5.74, 6) is 0. The predicted octanol–water partition coefficient (Wildman–Crippen LogP) is 5.89.